The first kappa shape index (κ1) is 17.8. The van der Waals surface area contributed by atoms with E-state index in [1.54, 1.807) is 6.26 Å². The van der Waals surface area contributed by atoms with Crippen LogP contribution in [0.4, 0.5) is 5.69 Å². The molecule has 0 saturated heterocycles. The average Bonchev–Trinajstić information content (AvgIpc) is 3.11. The lowest BCUT2D eigenvalue weighted by molar-refractivity contribution is -0.117. The van der Waals surface area contributed by atoms with Gasteiger partial charge in [0.1, 0.15) is 11.5 Å². The maximum atomic E-state index is 12.4. The molecule has 0 spiro atoms. The third-order valence-corrected chi connectivity index (χ3v) is 3.83. The van der Waals surface area contributed by atoms with E-state index in [1.807, 2.05) is 79.5 Å². The molecule has 3 rings (SSSR count). The fourth-order valence-corrected chi connectivity index (χ4v) is 2.55. The summed E-state index contributed by atoms with van der Waals surface area (Å²) >= 11 is 0. The van der Waals surface area contributed by atoms with Crippen molar-refractivity contribution in [3.05, 3.63) is 78.3 Å². The zero-order valence-corrected chi connectivity index (χ0v) is 14.9. The molecule has 1 N–H and O–H groups in total. The second-order valence-electron chi connectivity index (χ2n) is 6.21. The van der Waals surface area contributed by atoms with Crippen molar-refractivity contribution in [2.45, 2.75) is 13.5 Å². The highest BCUT2D eigenvalue weighted by molar-refractivity contribution is 5.93. The largest absolute Gasteiger partial charge is 0.468 e. The molecule has 0 saturated carbocycles. The van der Waals surface area contributed by atoms with E-state index in [9.17, 15) is 4.79 Å². The van der Waals surface area contributed by atoms with Gasteiger partial charge in [0, 0.05) is 0 Å². The van der Waals surface area contributed by atoms with E-state index in [1.165, 1.54) is 5.56 Å². The standard InChI is InChI=1S/C21H22N2O3/c1-16-9-11-17(12-10-16)26-20-8-4-3-7-19(20)22-21(24)15-23(2)14-18-6-5-13-25-18/h3-13H,14-15H2,1-2H3,(H,22,24). The number of likely N-dealkylation sites (N-methyl/N-ethyl adjacent to an activating group) is 1. The second-order valence-corrected chi connectivity index (χ2v) is 6.21. The Morgan fingerprint density at radius 3 is 2.58 bits per heavy atom. The lowest BCUT2D eigenvalue weighted by Gasteiger charge is -2.16. The van der Waals surface area contributed by atoms with Crippen molar-refractivity contribution in [2.24, 2.45) is 0 Å². The van der Waals surface area contributed by atoms with Gasteiger partial charge in [-0.1, -0.05) is 29.8 Å². The molecule has 0 aliphatic carbocycles. The zero-order valence-electron chi connectivity index (χ0n) is 14.9. The Bertz CT molecular complexity index is 842. The molecule has 5 heteroatoms. The predicted molar refractivity (Wildman–Crippen MR) is 101 cm³/mol. The summed E-state index contributed by atoms with van der Waals surface area (Å²) in [5, 5.41) is 2.92. The molecule has 0 aliphatic rings. The number of nitrogens with one attached hydrogen (secondary N) is 1. The first-order chi connectivity index (χ1) is 12.6. The van der Waals surface area contributed by atoms with Crippen molar-refractivity contribution >= 4 is 11.6 Å². The van der Waals surface area contributed by atoms with E-state index in [-0.39, 0.29) is 12.5 Å². The molecule has 3 aromatic rings. The number of anilines is 1. The van der Waals surface area contributed by atoms with Crippen LogP contribution in [0.25, 0.3) is 0 Å². The molecule has 1 aromatic heterocycles. The van der Waals surface area contributed by atoms with Gasteiger partial charge >= 0.3 is 0 Å². The minimum atomic E-state index is -0.112. The summed E-state index contributed by atoms with van der Waals surface area (Å²) in [4.78, 5) is 14.2. The number of furan rings is 1. The first-order valence-electron chi connectivity index (χ1n) is 8.44. The van der Waals surface area contributed by atoms with Crippen LogP contribution in [0.15, 0.2) is 71.3 Å². The van der Waals surface area contributed by atoms with Gasteiger partial charge in [0.2, 0.25) is 5.91 Å². The Hall–Kier alpha value is -3.05. The quantitative estimate of drug-likeness (QED) is 0.684. The van der Waals surface area contributed by atoms with Crippen LogP contribution in [-0.2, 0) is 11.3 Å². The molecular weight excluding hydrogens is 328 g/mol. The van der Waals surface area contributed by atoms with Gasteiger partial charge in [-0.2, -0.15) is 0 Å². The number of hydrogen-bond donors (Lipinski definition) is 1. The minimum absolute atomic E-state index is 0.112. The van der Waals surface area contributed by atoms with Crippen LogP contribution in [0.1, 0.15) is 11.3 Å². The summed E-state index contributed by atoms with van der Waals surface area (Å²) < 4.78 is 11.2. The maximum absolute atomic E-state index is 12.4. The zero-order chi connectivity index (χ0) is 18.4. The van der Waals surface area contributed by atoms with Crippen LogP contribution in [0.2, 0.25) is 0 Å². The number of hydrogen-bond acceptors (Lipinski definition) is 4. The van der Waals surface area contributed by atoms with Crippen LogP contribution < -0.4 is 10.1 Å². The van der Waals surface area contributed by atoms with E-state index >= 15 is 0 Å². The Kier molecular flexibility index (Phi) is 5.71. The third kappa shape index (κ3) is 4.97. The molecule has 0 aliphatic heterocycles. The van der Waals surface area contributed by atoms with Crippen molar-refractivity contribution in [2.75, 3.05) is 18.9 Å². The number of carbonyl (C=O) groups is 1. The van der Waals surface area contributed by atoms with E-state index in [4.69, 9.17) is 9.15 Å². The summed E-state index contributed by atoms with van der Waals surface area (Å²) in [5.41, 5.74) is 1.81. The first-order valence-corrected chi connectivity index (χ1v) is 8.44. The number of para-hydroxylation sites is 2. The predicted octanol–water partition coefficient (Wildman–Crippen LogP) is 4.45. The van der Waals surface area contributed by atoms with Gasteiger partial charge in [0.15, 0.2) is 5.75 Å². The van der Waals surface area contributed by atoms with Crippen LogP contribution in [-0.4, -0.2) is 24.4 Å². The van der Waals surface area contributed by atoms with Crippen molar-refractivity contribution in [1.82, 2.24) is 4.90 Å². The Morgan fingerprint density at radius 1 is 1.08 bits per heavy atom. The van der Waals surface area contributed by atoms with Gasteiger partial charge in [0.05, 0.1) is 25.0 Å². The number of rotatable bonds is 7. The van der Waals surface area contributed by atoms with Crippen LogP contribution in [0.5, 0.6) is 11.5 Å². The number of amides is 1. The summed E-state index contributed by atoms with van der Waals surface area (Å²) in [6, 6.07) is 18.9. The molecule has 26 heavy (non-hydrogen) atoms. The summed E-state index contributed by atoms with van der Waals surface area (Å²) in [6.07, 6.45) is 1.63. The highest BCUT2D eigenvalue weighted by Crippen LogP contribution is 2.29. The van der Waals surface area contributed by atoms with Crippen LogP contribution in [0, 0.1) is 6.92 Å². The molecule has 1 heterocycles. The van der Waals surface area contributed by atoms with Crippen molar-refractivity contribution in [3.63, 3.8) is 0 Å². The summed E-state index contributed by atoms with van der Waals surface area (Å²) in [6.45, 7) is 2.85. The molecule has 0 bridgehead atoms. The molecule has 0 atom stereocenters. The fraction of sp³-hybridized carbons (Fsp3) is 0.190. The highest BCUT2D eigenvalue weighted by atomic mass is 16.5. The normalized spacial score (nSPS) is 10.7. The Balaban J connectivity index is 1.62. The number of aryl methyl sites for hydroxylation is 1. The number of ether oxygens (including phenoxy) is 1. The maximum Gasteiger partial charge on any atom is 0.238 e. The van der Waals surface area contributed by atoms with E-state index < -0.39 is 0 Å². The second kappa shape index (κ2) is 8.36. The molecule has 0 radical (unpaired) electrons. The minimum Gasteiger partial charge on any atom is -0.468 e. The van der Waals surface area contributed by atoms with E-state index in [2.05, 4.69) is 5.32 Å². The monoisotopic (exact) mass is 350 g/mol. The number of nitrogens with zero attached hydrogens (tertiary/aromatic N) is 1. The molecule has 2 aromatic carbocycles. The SMILES string of the molecule is Cc1ccc(Oc2ccccc2NC(=O)CN(C)Cc2ccco2)cc1. The smallest absolute Gasteiger partial charge is 0.238 e. The highest BCUT2D eigenvalue weighted by Gasteiger charge is 2.12. The Labute approximate surface area is 153 Å². The van der Waals surface area contributed by atoms with E-state index in [0.29, 0.717) is 18.0 Å². The summed E-state index contributed by atoms with van der Waals surface area (Å²) in [7, 11) is 1.87. The molecule has 134 valence electrons. The molecular formula is C21H22N2O3. The third-order valence-electron chi connectivity index (χ3n) is 3.83. The lowest BCUT2D eigenvalue weighted by atomic mass is 10.2. The van der Waals surface area contributed by atoms with Gasteiger partial charge in [-0.15, -0.1) is 0 Å². The van der Waals surface area contributed by atoms with Gasteiger partial charge < -0.3 is 14.5 Å². The number of benzene rings is 2. The lowest BCUT2D eigenvalue weighted by Crippen LogP contribution is -2.29. The average molecular weight is 350 g/mol. The van der Waals surface area contributed by atoms with Crippen molar-refractivity contribution in [1.29, 1.82) is 0 Å². The van der Waals surface area contributed by atoms with Gasteiger partial charge in [-0.05, 0) is 50.4 Å². The van der Waals surface area contributed by atoms with Crippen LogP contribution in [0.3, 0.4) is 0 Å². The van der Waals surface area contributed by atoms with Gasteiger partial charge in [-0.25, -0.2) is 0 Å². The van der Waals surface area contributed by atoms with Crippen molar-refractivity contribution in [3.8, 4) is 11.5 Å². The fourth-order valence-electron chi connectivity index (χ4n) is 2.55. The Morgan fingerprint density at radius 2 is 1.85 bits per heavy atom. The topological polar surface area (TPSA) is 54.7 Å². The van der Waals surface area contributed by atoms with Gasteiger partial charge in [0.25, 0.3) is 0 Å². The molecule has 0 fully saturated rings. The number of carbonyl (C=O) groups excluding carboxylic acids is 1. The van der Waals surface area contributed by atoms with Gasteiger partial charge in [-0.3, -0.25) is 9.69 Å². The van der Waals surface area contributed by atoms with Crippen LogP contribution >= 0.6 is 0 Å². The molecule has 1 amide bonds. The molecule has 0 unspecified atom stereocenters. The summed E-state index contributed by atoms with van der Waals surface area (Å²) in [5.74, 6) is 2.05. The molecule has 5 nitrogen and oxygen atoms in total. The van der Waals surface area contributed by atoms with Crippen molar-refractivity contribution < 1.29 is 13.9 Å². The van der Waals surface area contributed by atoms with E-state index in [0.717, 1.165) is 11.5 Å².